The number of benzene rings is 1. The van der Waals surface area contributed by atoms with Crippen LogP contribution in [0.5, 0.6) is 5.75 Å². The van der Waals surface area contributed by atoms with Crippen molar-refractivity contribution in [2.45, 2.75) is 31.2 Å². The standard InChI is InChI=1S/C18H22N4O2/c1-19-17-10-15(20-11-21-17)13-7-14(8-13)22-18(23)9-12-5-3-4-6-16(12)24-2/h3-6,10-11,13-14H,7-9H2,1-2H3,(H,22,23)(H,19,20,21). The van der Waals surface area contributed by atoms with Crippen LogP contribution in [0.25, 0.3) is 0 Å². The molecule has 0 bridgehead atoms. The number of carbonyl (C=O) groups is 1. The molecule has 0 unspecified atom stereocenters. The van der Waals surface area contributed by atoms with Crippen LogP contribution in [0.2, 0.25) is 0 Å². The highest BCUT2D eigenvalue weighted by Crippen LogP contribution is 2.36. The van der Waals surface area contributed by atoms with Gasteiger partial charge in [-0.15, -0.1) is 0 Å². The van der Waals surface area contributed by atoms with E-state index >= 15 is 0 Å². The molecular weight excluding hydrogens is 304 g/mol. The summed E-state index contributed by atoms with van der Waals surface area (Å²) < 4.78 is 5.29. The fourth-order valence-corrected chi connectivity index (χ4v) is 3.01. The third-order valence-electron chi connectivity index (χ3n) is 4.41. The quantitative estimate of drug-likeness (QED) is 0.850. The van der Waals surface area contributed by atoms with Crippen LogP contribution in [0.4, 0.5) is 5.82 Å². The SMILES string of the molecule is CNc1cc(C2CC(NC(=O)Cc3ccccc3OC)C2)ncn1. The summed E-state index contributed by atoms with van der Waals surface area (Å²) in [6, 6.07) is 9.79. The molecule has 2 aromatic rings. The van der Waals surface area contributed by atoms with E-state index in [4.69, 9.17) is 4.74 Å². The van der Waals surface area contributed by atoms with Crippen LogP contribution in [0, 0.1) is 0 Å². The van der Waals surface area contributed by atoms with Gasteiger partial charge in [0, 0.05) is 36.3 Å². The van der Waals surface area contributed by atoms with Gasteiger partial charge in [-0.05, 0) is 18.9 Å². The lowest BCUT2D eigenvalue weighted by molar-refractivity contribution is -0.121. The number of ether oxygens (including phenoxy) is 1. The predicted molar refractivity (Wildman–Crippen MR) is 92.2 cm³/mol. The number of carbonyl (C=O) groups excluding carboxylic acids is 1. The van der Waals surface area contributed by atoms with Crippen LogP contribution < -0.4 is 15.4 Å². The first-order valence-corrected chi connectivity index (χ1v) is 8.10. The summed E-state index contributed by atoms with van der Waals surface area (Å²) in [7, 11) is 3.46. The lowest BCUT2D eigenvalue weighted by Crippen LogP contribution is -2.44. The van der Waals surface area contributed by atoms with E-state index in [-0.39, 0.29) is 11.9 Å². The van der Waals surface area contributed by atoms with Crippen molar-refractivity contribution in [2.24, 2.45) is 0 Å². The van der Waals surface area contributed by atoms with Crippen molar-refractivity contribution in [1.82, 2.24) is 15.3 Å². The molecular formula is C18H22N4O2. The number of nitrogens with zero attached hydrogens (tertiary/aromatic N) is 2. The maximum absolute atomic E-state index is 12.2. The molecule has 6 nitrogen and oxygen atoms in total. The number of aromatic nitrogens is 2. The molecule has 0 atom stereocenters. The number of para-hydroxylation sites is 1. The zero-order chi connectivity index (χ0) is 16.9. The van der Waals surface area contributed by atoms with E-state index < -0.39 is 0 Å². The zero-order valence-electron chi connectivity index (χ0n) is 14.0. The van der Waals surface area contributed by atoms with Crippen molar-refractivity contribution in [1.29, 1.82) is 0 Å². The van der Waals surface area contributed by atoms with E-state index in [1.165, 1.54) is 0 Å². The van der Waals surface area contributed by atoms with Gasteiger partial charge in [0.25, 0.3) is 0 Å². The third-order valence-corrected chi connectivity index (χ3v) is 4.41. The number of anilines is 1. The average molecular weight is 326 g/mol. The summed E-state index contributed by atoms with van der Waals surface area (Å²) in [5, 5.41) is 6.11. The number of methoxy groups -OCH3 is 1. The Hall–Kier alpha value is -2.63. The maximum Gasteiger partial charge on any atom is 0.224 e. The van der Waals surface area contributed by atoms with Gasteiger partial charge in [0.15, 0.2) is 0 Å². The normalized spacial score (nSPS) is 19.2. The molecule has 1 saturated carbocycles. The van der Waals surface area contributed by atoms with E-state index in [0.717, 1.165) is 35.7 Å². The summed E-state index contributed by atoms with van der Waals surface area (Å²) in [5.74, 6) is 1.99. The van der Waals surface area contributed by atoms with Gasteiger partial charge in [0.1, 0.15) is 17.9 Å². The highest BCUT2D eigenvalue weighted by atomic mass is 16.5. The predicted octanol–water partition coefficient (Wildman–Crippen LogP) is 2.13. The number of nitrogens with one attached hydrogen (secondary N) is 2. The van der Waals surface area contributed by atoms with Crippen molar-refractivity contribution in [3.05, 3.63) is 47.9 Å². The molecule has 6 heteroatoms. The molecule has 1 aromatic heterocycles. The second-order valence-electron chi connectivity index (χ2n) is 6.00. The van der Waals surface area contributed by atoms with Crippen LogP contribution in [0.1, 0.15) is 30.0 Å². The summed E-state index contributed by atoms with van der Waals surface area (Å²) in [5.41, 5.74) is 1.94. The molecule has 3 rings (SSSR count). The maximum atomic E-state index is 12.2. The van der Waals surface area contributed by atoms with Gasteiger partial charge in [0.2, 0.25) is 5.91 Å². The van der Waals surface area contributed by atoms with Gasteiger partial charge in [-0.2, -0.15) is 0 Å². The average Bonchev–Trinajstić information content (AvgIpc) is 2.58. The van der Waals surface area contributed by atoms with Crippen LogP contribution in [-0.2, 0) is 11.2 Å². The number of hydrogen-bond donors (Lipinski definition) is 2. The molecule has 24 heavy (non-hydrogen) atoms. The lowest BCUT2D eigenvalue weighted by atomic mass is 9.78. The van der Waals surface area contributed by atoms with Crippen molar-refractivity contribution in [3.63, 3.8) is 0 Å². The minimum Gasteiger partial charge on any atom is -0.496 e. The van der Waals surface area contributed by atoms with E-state index in [1.54, 1.807) is 13.4 Å². The van der Waals surface area contributed by atoms with Gasteiger partial charge in [-0.1, -0.05) is 18.2 Å². The van der Waals surface area contributed by atoms with Crippen molar-refractivity contribution in [2.75, 3.05) is 19.5 Å². The minimum absolute atomic E-state index is 0.0292. The molecule has 0 spiro atoms. The number of amides is 1. The van der Waals surface area contributed by atoms with Crippen molar-refractivity contribution < 1.29 is 9.53 Å². The first kappa shape index (κ1) is 16.2. The lowest BCUT2D eigenvalue weighted by Gasteiger charge is -2.35. The van der Waals surface area contributed by atoms with E-state index in [1.807, 2.05) is 37.4 Å². The minimum atomic E-state index is 0.0292. The van der Waals surface area contributed by atoms with E-state index in [9.17, 15) is 4.79 Å². The Bertz CT molecular complexity index is 714. The van der Waals surface area contributed by atoms with Gasteiger partial charge in [-0.25, -0.2) is 9.97 Å². The molecule has 0 aliphatic heterocycles. The number of rotatable bonds is 6. The zero-order valence-corrected chi connectivity index (χ0v) is 14.0. The summed E-state index contributed by atoms with van der Waals surface area (Å²) in [4.78, 5) is 20.7. The van der Waals surface area contributed by atoms with Gasteiger partial charge >= 0.3 is 0 Å². The second kappa shape index (κ2) is 7.29. The highest BCUT2D eigenvalue weighted by Gasteiger charge is 2.32. The van der Waals surface area contributed by atoms with Crippen LogP contribution >= 0.6 is 0 Å². The van der Waals surface area contributed by atoms with Crippen LogP contribution in [-0.4, -0.2) is 36.1 Å². The Morgan fingerprint density at radius 2 is 2.08 bits per heavy atom. The molecule has 1 fully saturated rings. The molecule has 2 N–H and O–H groups in total. The molecule has 0 radical (unpaired) electrons. The monoisotopic (exact) mass is 326 g/mol. The topological polar surface area (TPSA) is 76.1 Å². The number of hydrogen-bond acceptors (Lipinski definition) is 5. The fraction of sp³-hybridized carbons (Fsp3) is 0.389. The first-order chi connectivity index (χ1) is 11.7. The Morgan fingerprint density at radius 1 is 1.29 bits per heavy atom. The Morgan fingerprint density at radius 3 is 2.83 bits per heavy atom. The summed E-state index contributed by atoms with van der Waals surface area (Å²) in [6.45, 7) is 0. The molecule has 1 aliphatic carbocycles. The molecule has 1 aliphatic rings. The van der Waals surface area contributed by atoms with Crippen LogP contribution in [0.3, 0.4) is 0 Å². The van der Waals surface area contributed by atoms with Gasteiger partial charge < -0.3 is 15.4 Å². The Kier molecular flexibility index (Phi) is 4.93. The second-order valence-corrected chi connectivity index (χ2v) is 6.00. The van der Waals surface area contributed by atoms with E-state index in [2.05, 4.69) is 20.6 Å². The van der Waals surface area contributed by atoms with Crippen molar-refractivity contribution in [3.8, 4) is 5.75 Å². The van der Waals surface area contributed by atoms with Crippen molar-refractivity contribution >= 4 is 11.7 Å². The molecule has 1 heterocycles. The molecule has 1 amide bonds. The van der Waals surface area contributed by atoms with Gasteiger partial charge in [0.05, 0.1) is 13.5 Å². The molecule has 0 saturated heterocycles. The smallest absolute Gasteiger partial charge is 0.224 e. The Balaban J connectivity index is 1.51. The first-order valence-electron chi connectivity index (χ1n) is 8.10. The largest absolute Gasteiger partial charge is 0.496 e. The third kappa shape index (κ3) is 3.64. The summed E-state index contributed by atoms with van der Waals surface area (Å²) in [6.07, 6.45) is 3.74. The Labute approximate surface area is 141 Å². The highest BCUT2D eigenvalue weighted by molar-refractivity contribution is 5.79. The van der Waals surface area contributed by atoms with Crippen LogP contribution in [0.15, 0.2) is 36.7 Å². The van der Waals surface area contributed by atoms with E-state index in [0.29, 0.717) is 12.3 Å². The van der Waals surface area contributed by atoms with Gasteiger partial charge in [-0.3, -0.25) is 4.79 Å². The fourth-order valence-electron chi connectivity index (χ4n) is 3.01. The summed E-state index contributed by atoms with van der Waals surface area (Å²) >= 11 is 0. The molecule has 126 valence electrons. The molecule has 1 aromatic carbocycles.